The fourth-order valence-electron chi connectivity index (χ4n) is 2.19. The van der Waals surface area contributed by atoms with Gasteiger partial charge in [0.1, 0.15) is 11.1 Å². The van der Waals surface area contributed by atoms with Gasteiger partial charge in [-0.1, -0.05) is 65.7 Å². The van der Waals surface area contributed by atoms with Gasteiger partial charge in [-0.15, -0.1) is 11.3 Å². The van der Waals surface area contributed by atoms with E-state index in [0.29, 0.717) is 20.6 Å². The Labute approximate surface area is 160 Å². The van der Waals surface area contributed by atoms with Gasteiger partial charge < -0.3 is 0 Å². The first-order valence-corrected chi connectivity index (χ1v) is 9.06. The number of benzene rings is 2. The van der Waals surface area contributed by atoms with Gasteiger partial charge in [0, 0.05) is 16.0 Å². The molecule has 0 fully saturated rings. The fourth-order valence-corrected chi connectivity index (χ4v) is 3.49. The van der Waals surface area contributed by atoms with Crippen LogP contribution >= 0.6 is 34.5 Å². The Hall–Kier alpha value is -2.38. The topological polar surface area (TPSA) is 36.7 Å². The number of aromatic nitrogens is 1. The summed E-state index contributed by atoms with van der Waals surface area (Å²) in [6, 6.07) is 17.4. The molecule has 1 heterocycles. The lowest BCUT2D eigenvalue weighted by molar-refractivity contribution is 1.37. The smallest absolute Gasteiger partial charge is 0.134 e. The van der Waals surface area contributed by atoms with E-state index in [-0.39, 0.29) is 0 Å². The molecule has 0 unspecified atom stereocenters. The van der Waals surface area contributed by atoms with E-state index in [1.807, 2.05) is 53.9 Å². The second-order valence-corrected chi connectivity index (χ2v) is 6.83. The van der Waals surface area contributed by atoms with Crippen molar-refractivity contribution in [3.8, 4) is 17.3 Å². The minimum Gasteiger partial charge on any atom is -0.235 e. The third-order valence-electron chi connectivity index (χ3n) is 3.41. The number of thiazole rings is 1. The van der Waals surface area contributed by atoms with Crippen LogP contribution in [0.5, 0.6) is 0 Å². The summed E-state index contributed by atoms with van der Waals surface area (Å²) in [7, 11) is 0. The van der Waals surface area contributed by atoms with Gasteiger partial charge in [-0.2, -0.15) is 5.26 Å². The van der Waals surface area contributed by atoms with E-state index in [2.05, 4.69) is 11.1 Å². The van der Waals surface area contributed by atoms with Gasteiger partial charge in [0.15, 0.2) is 0 Å². The summed E-state index contributed by atoms with van der Waals surface area (Å²) in [4.78, 5) is 4.53. The highest BCUT2D eigenvalue weighted by molar-refractivity contribution is 7.11. The first-order valence-electron chi connectivity index (χ1n) is 7.42. The Kier molecular flexibility index (Phi) is 5.67. The average Bonchev–Trinajstić information content (AvgIpc) is 3.09. The summed E-state index contributed by atoms with van der Waals surface area (Å²) in [5.74, 6) is 0. The molecule has 122 valence electrons. The third kappa shape index (κ3) is 4.37. The fraction of sp³-hybridized carbons (Fsp3) is 0. The molecule has 2 aromatic carbocycles. The molecule has 0 spiro atoms. The Bertz CT molecular complexity index is 982. The van der Waals surface area contributed by atoms with Crippen molar-refractivity contribution in [3.63, 3.8) is 0 Å². The Morgan fingerprint density at radius 1 is 1.12 bits per heavy atom. The molecule has 0 atom stereocenters. The van der Waals surface area contributed by atoms with Crippen LogP contribution in [0.1, 0.15) is 10.6 Å². The average molecular weight is 383 g/mol. The Morgan fingerprint density at radius 3 is 2.64 bits per heavy atom. The van der Waals surface area contributed by atoms with E-state index in [9.17, 15) is 5.26 Å². The molecular formula is C20H12Cl2N2S. The molecule has 0 aliphatic rings. The van der Waals surface area contributed by atoms with Gasteiger partial charge >= 0.3 is 0 Å². The van der Waals surface area contributed by atoms with Crippen molar-refractivity contribution in [2.75, 3.05) is 0 Å². The van der Waals surface area contributed by atoms with Crippen molar-refractivity contribution in [3.05, 3.63) is 86.7 Å². The third-order valence-corrected chi connectivity index (χ3v) is 4.84. The zero-order valence-electron chi connectivity index (χ0n) is 13.0. The maximum Gasteiger partial charge on any atom is 0.134 e. The number of nitriles is 1. The van der Waals surface area contributed by atoms with Crippen molar-refractivity contribution in [2.24, 2.45) is 0 Å². The lowest BCUT2D eigenvalue weighted by Gasteiger charge is -2.00. The predicted octanol–water partition coefficient (Wildman–Crippen LogP) is 6.74. The van der Waals surface area contributed by atoms with Crippen molar-refractivity contribution in [1.82, 2.24) is 4.98 Å². The van der Waals surface area contributed by atoms with Gasteiger partial charge in [-0.3, -0.25) is 0 Å². The number of halogens is 2. The van der Waals surface area contributed by atoms with E-state index in [1.165, 1.54) is 11.3 Å². The molecule has 0 radical (unpaired) electrons. The summed E-state index contributed by atoms with van der Waals surface area (Å²) in [5.41, 5.74) is 3.11. The number of nitrogens with zero attached hydrogens (tertiary/aromatic N) is 2. The Morgan fingerprint density at radius 2 is 1.92 bits per heavy atom. The quantitative estimate of drug-likeness (QED) is 0.370. The standard InChI is InChI=1S/C20H12Cl2N2S/c21-16-9-10-17(18(22)11-16)19-13-25-20(24-19)15(12-23)8-4-7-14-5-2-1-3-6-14/h1-11,13H. The number of hydrogen-bond acceptors (Lipinski definition) is 3. The van der Waals surface area contributed by atoms with Gasteiger partial charge in [0.05, 0.1) is 16.3 Å². The van der Waals surface area contributed by atoms with Crippen molar-refractivity contribution >= 4 is 46.2 Å². The van der Waals surface area contributed by atoms with Crippen LogP contribution in [-0.4, -0.2) is 4.98 Å². The van der Waals surface area contributed by atoms with Crippen molar-refractivity contribution in [1.29, 1.82) is 5.26 Å². The molecule has 0 amide bonds. The van der Waals surface area contributed by atoms with Crippen LogP contribution in [0.15, 0.2) is 66.1 Å². The maximum absolute atomic E-state index is 9.42. The molecule has 5 heteroatoms. The molecule has 3 aromatic rings. The molecule has 0 N–H and O–H groups in total. The first kappa shape index (κ1) is 17.4. The second-order valence-electron chi connectivity index (χ2n) is 5.12. The van der Waals surface area contributed by atoms with E-state index < -0.39 is 0 Å². The Balaban J connectivity index is 1.85. The first-order chi connectivity index (χ1) is 12.2. The molecule has 0 saturated carbocycles. The number of hydrogen-bond donors (Lipinski definition) is 0. The predicted molar refractivity (Wildman–Crippen MR) is 107 cm³/mol. The van der Waals surface area contributed by atoms with E-state index in [0.717, 1.165) is 16.8 Å². The molecule has 0 aliphatic carbocycles. The van der Waals surface area contributed by atoms with Gasteiger partial charge in [-0.05, 0) is 29.8 Å². The molecule has 0 saturated heterocycles. The molecular weight excluding hydrogens is 371 g/mol. The SMILES string of the molecule is N#CC(=CC=Cc1ccccc1)c1nc(-c2ccc(Cl)cc2Cl)cs1. The normalized spacial score (nSPS) is 11.6. The molecule has 3 rings (SSSR count). The largest absolute Gasteiger partial charge is 0.235 e. The molecule has 2 nitrogen and oxygen atoms in total. The summed E-state index contributed by atoms with van der Waals surface area (Å²) < 4.78 is 0. The van der Waals surface area contributed by atoms with Crippen LogP contribution in [-0.2, 0) is 0 Å². The van der Waals surface area contributed by atoms with Gasteiger partial charge in [-0.25, -0.2) is 4.98 Å². The van der Waals surface area contributed by atoms with Crippen LogP contribution in [0, 0.1) is 11.3 Å². The molecule has 1 aromatic heterocycles. The summed E-state index contributed by atoms with van der Waals surface area (Å²) in [6.07, 6.45) is 5.56. The van der Waals surface area contributed by atoms with Crippen molar-refractivity contribution in [2.45, 2.75) is 0 Å². The maximum atomic E-state index is 9.42. The van der Waals surface area contributed by atoms with Crippen LogP contribution < -0.4 is 0 Å². The number of rotatable bonds is 4. The van der Waals surface area contributed by atoms with Gasteiger partial charge in [0.2, 0.25) is 0 Å². The monoisotopic (exact) mass is 382 g/mol. The molecule has 0 aliphatic heterocycles. The molecule has 25 heavy (non-hydrogen) atoms. The van der Waals surface area contributed by atoms with Crippen LogP contribution in [0.3, 0.4) is 0 Å². The van der Waals surface area contributed by atoms with Gasteiger partial charge in [0.25, 0.3) is 0 Å². The zero-order valence-corrected chi connectivity index (χ0v) is 15.3. The lowest BCUT2D eigenvalue weighted by Crippen LogP contribution is -1.83. The van der Waals surface area contributed by atoms with E-state index >= 15 is 0 Å². The highest BCUT2D eigenvalue weighted by Crippen LogP contribution is 2.32. The van der Waals surface area contributed by atoms with E-state index in [4.69, 9.17) is 23.2 Å². The summed E-state index contributed by atoms with van der Waals surface area (Å²) >= 11 is 13.6. The lowest BCUT2D eigenvalue weighted by atomic mass is 10.2. The zero-order chi connectivity index (χ0) is 17.6. The van der Waals surface area contributed by atoms with Crippen molar-refractivity contribution < 1.29 is 0 Å². The van der Waals surface area contributed by atoms with Crippen LogP contribution in [0.2, 0.25) is 10.0 Å². The highest BCUT2D eigenvalue weighted by atomic mass is 35.5. The van der Waals surface area contributed by atoms with E-state index in [1.54, 1.807) is 18.2 Å². The molecule has 0 bridgehead atoms. The van der Waals surface area contributed by atoms with Crippen LogP contribution in [0.4, 0.5) is 0 Å². The summed E-state index contributed by atoms with van der Waals surface area (Å²) in [5, 5.41) is 13.1. The van der Waals surface area contributed by atoms with Crippen LogP contribution in [0.25, 0.3) is 22.9 Å². The second kappa shape index (κ2) is 8.13. The highest BCUT2D eigenvalue weighted by Gasteiger charge is 2.11. The number of allylic oxidation sites excluding steroid dienone is 3. The minimum absolute atomic E-state index is 0.508. The minimum atomic E-state index is 0.508. The summed E-state index contributed by atoms with van der Waals surface area (Å²) in [6.45, 7) is 0.